The van der Waals surface area contributed by atoms with E-state index in [-0.39, 0.29) is 0 Å². The minimum atomic E-state index is 0.447. The van der Waals surface area contributed by atoms with Gasteiger partial charge in [0.1, 0.15) is 0 Å². The van der Waals surface area contributed by atoms with Gasteiger partial charge in [0.2, 0.25) is 0 Å². The van der Waals surface area contributed by atoms with Crippen LogP contribution in [0.1, 0.15) is 30.7 Å². The van der Waals surface area contributed by atoms with E-state index in [0.29, 0.717) is 6.04 Å². The van der Waals surface area contributed by atoms with Crippen molar-refractivity contribution in [3.05, 3.63) is 65.5 Å². The first-order valence-electron chi connectivity index (χ1n) is 7.53. The van der Waals surface area contributed by atoms with Crippen molar-refractivity contribution in [2.24, 2.45) is 0 Å². The van der Waals surface area contributed by atoms with Gasteiger partial charge in [0, 0.05) is 24.4 Å². The van der Waals surface area contributed by atoms with E-state index in [1.165, 1.54) is 16.8 Å². The number of nitrogens with zero attached hydrogens (tertiary/aromatic N) is 1. The molecule has 1 heterocycles. The number of rotatable bonds is 7. The Morgan fingerprint density at radius 3 is 2.35 bits per heavy atom. The maximum Gasteiger partial charge on any atom is 0.0419 e. The highest BCUT2D eigenvalue weighted by molar-refractivity contribution is 5.18. The van der Waals surface area contributed by atoms with E-state index < -0.39 is 0 Å². The Hall–Kier alpha value is -1.67. The molecule has 2 nitrogen and oxygen atoms in total. The van der Waals surface area contributed by atoms with Gasteiger partial charge in [-0.05, 0) is 36.6 Å². The van der Waals surface area contributed by atoms with Gasteiger partial charge in [-0.2, -0.15) is 0 Å². The Morgan fingerprint density at radius 2 is 1.75 bits per heavy atom. The lowest BCUT2D eigenvalue weighted by atomic mass is 10.0. The summed E-state index contributed by atoms with van der Waals surface area (Å²) < 4.78 is 0. The SMILES string of the molecule is CCNC(Cc1ccccc1)Cc1ccc(CC)cn1. The molecule has 1 aromatic heterocycles. The molecular formula is C18H24N2. The van der Waals surface area contributed by atoms with Crippen LogP contribution in [-0.2, 0) is 19.3 Å². The first-order chi connectivity index (χ1) is 9.81. The van der Waals surface area contributed by atoms with Crippen LogP contribution in [0.4, 0.5) is 0 Å². The number of aryl methyl sites for hydroxylation is 1. The molecule has 0 radical (unpaired) electrons. The van der Waals surface area contributed by atoms with Crippen LogP contribution in [0.3, 0.4) is 0 Å². The lowest BCUT2D eigenvalue weighted by Gasteiger charge is -2.17. The van der Waals surface area contributed by atoms with E-state index in [1.54, 1.807) is 0 Å². The second kappa shape index (κ2) is 7.81. The molecule has 1 unspecified atom stereocenters. The van der Waals surface area contributed by atoms with Gasteiger partial charge in [-0.3, -0.25) is 4.98 Å². The van der Waals surface area contributed by atoms with E-state index in [1.807, 2.05) is 6.20 Å². The summed E-state index contributed by atoms with van der Waals surface area (Å²) in [7, 11) is 0. The van der Waals surface area contributed by atoms with Crippen LogP contribution in [0.5, 0.6) is 0 Å². The molecule has 2 heteroatoms. The Bertz CT molecular complexity index is 491. The summed E-state index contributed by atoms with van der Waals surface area (Å²) in [5, 5.41) is 3.57. The van der Waals surface area contributed by atoms with Crippen molar-refractivity contribution in [3.8, 4) is 0 Å². The van der Waals surface area contributed by atoms with Gasteiger partial charge < -0.3 is 5.32 Å². The summed E-state index contributed by atoms with van der Waals surface area (Å²) in [6.07, 6.45) is 5.08. The molecule has 0 aliphatic rings. The minimum Gasteiger partial charge on any atom is -0.314 e. The van der Waals surface area contributed by atoms with Crippen molar-refractivity contribution in [2.75, 3.05) is 6.54 Å². The zero-order valence-electron chi connectivity index (χ0n) is 12.5. The smallest absolute Gasteiger partial charge is 0.0419 e. The maximum atomic E-state index is 4.57. The van der Waals surface area contributed by atoms with Gasteiger partial charge in [0.15, 0.2) is 0 Å². The lowest BCUT2D eigenvalue weighted by Crippen LogP contribution is -2.33. The molecule has 2 aromatic rings. The summed E-state index contributed by atoms with van der Waals surface area (Å²) in [6.45, 7) is 5.31. The van der Waals surface area contributed by atoms with Crippen molar-refractivity contribution >= 4 is 0 Å². The summed E-state index contributed by atoms with van der Waals surface area (Å²) in [6, 6.07) is 15.5. The Morgan fingerprint density at radius 1 is 0.950 bits per heavy atom. The molecule has 1 atom stereocenters. The molecule has 20 heavy (non-hydrogen) atoms. The van der Waals surface area contributed by atoms with Crippen molar-refractivity contribution in [3.63, 3.8) is 0 Å². The van der Waals surface area contributed by atoms with Gasteiger partial charge in [0.05, 0.1) is 0 Å². The van der Waals surface area contributed by atoms with Crippen LogP contribution in [-0.4, -0.2) is 17.6 Å². The van der Waals surface area contributed by atoms with Crippen LogP contribution < -0.4 is 5.32 Å². The third kappa shape index (κ3) is 4.46. The molecule has 0 saturated carbocycles. The minimum absolute atomic E-state index is 0.447. The van der Waals surface area contributed by atoms with Crippen LogP contribution in [0.2, 0.25) is 0 Å². The predicted molar refractivity (Wildman–Crippen MR) is 84.9 cm³/mol. The van der Waals surface area contributed by atoms with Gasteiger partial charge >= 0.3 is 0 Å². The van der Waals surface area contributed by atoms with Gasteiger partial charge in [0.25, 0.3) is 0 Å². The van der Waals surface area contributed by atoms with E-state index >= 15 is 0 Å². The van der Waals surface area contributed by atoms with Crippen LogP contribution >= 0.6 is 0 Å². The monoisotopic (exact) mass is 268 g/mol. The third-order valence-electron chi connectivity index (χ3n) is 3.57. The molecule has 1 aromatic carbocycles. The van der Waals surface area contributed by atoms with Crippen LogP contribution in [0, 0.1) is 0 Å². The van der Waals surface area contributed by atoms with E-state index in [9.17, 15) is 0 Å². The first-order valence-corrected chi connectivity index (χ1v) is 7.53. The quantitative estimate of drug-likeness (QED) is 0.832. The fourth-order valence-corrected chi connectivity index (χ4v) is 2.44. The summed E-state index contributed by atoms with van der Waals surface area (Å²) in [4.78, 5) is 4.57. The molecule has 0 fully saturated rings. The number of hydrogen-bond acceptors (Lipinski definition) is 2. The molecular weight excluding hydrogens is 244 g/mol. The summed E-state index contributed by atoms with van der Waals surface area (Å²) in [5.41, 5.74) is 3.85. The van der Waals surface area contributed by atoms with Crippen molar-refractivity contribution < 1.29 is 0 Å². The normalized spacial score (nSPS) is 12.3. The van der Waals surface area contributed by atoms with Gasteiger partial charge in [-0.1, -0.05) is 50.2 Å². The fourth-order valence-electron chi connectivity index (χ4n) is 2.44. The Balaban J connectivity index is 2.00. The largest absolute Gasteiger partial charge is 0.314 e. The second-order valence-electron chi connectivity index (χ2n) is 5.16. The zero-order valence-corrected chi connectivity index (χ0v) is 12.5. The summed E-state index contributed by atoms with van der Waals surface area (Å²) >= 11 is 0. The number of pyridine rings is 1. The molecule has 0 aliphatic heterocycles. The maximum absolute atomic E-state index is 4.57. The Labute approximate surface area is 122 Å². The second-order valence-corrected chi connectivity index (χ2v) is 5.16. The standard InChI is InChI=1S/C18H24N2/c1-3-15-10-11-17(20-14-15)13-18(19-4-2)12-16-8-6-5-7-9-16/h5-11,14,18-19H,3-4,12-13H2,1-2H3. The molecule has 0 bridgehead atoms. The molecule has 1 N–H and O–H groups in total. The number of aromatic nitrogens is 1. The van der Waals surface area contributed by atoms with Crippen LogP contribution in [0.25, 0.3) is 0 Å². The fraction of sp³-hybridized carbons (Fsp3) is 0.389. The Kier molecular flexibility index (Phi) is 5.75. The van der Waals surface area contributed by atoms with Crippen molar-refractivity contribution in [1.29, 1.82) is 0 Å². The van der Waals surface area contributed by atoms with E-state index in [2.05, 4.69) is 66.6 Å². The summed E-state index contributed by atoms with van der Waals surface area (Å²) in [5.74, 6) is 0. The molecule has 2 rings (SSSR count). The number of hydrogen-bond donors (Lipinski definition) is 1. The number of likely N-dealkylation sites (N-methyl/N-ethyl adjacent to an activating group) is 1. The average Bonchev–Trinajstić information content (AvgIpc) is 2.49. The molecule has 106 valence electrons. The average molecular weight is 268 g/mol. The topological polar surface area (TPSA) is 24.9 Å². The molecule has 0 spiro atoms. The highest BCUT2D eigenvalue weighted by Gasteiger charge is 2.10. The van der Waals surface area contributed by atoms with Crippen molar-refractivity contribution in [2.45, 2.75) is 39.2 Å². The van der Waals surface area contributed by atoms with Crippen molar-refractivity contribution in [1.82, 2.24) is 10.3 Å². The molecule has 0 saturated heterocycles. The predicted octanol–water partition coefficient (Wildman–Crippen LogP) is 3.41. The zero-order chi connectivity index (χ0) is 14.2. The van der Waals surface area contributed by atoms with E-state index in [4.69, 9.17) is 0 Å². The molecule has 0 aliphatic carbocycles. The highest BCUT2D eigenvalue weighted by atomic mass is 14.9. The van der Waals surface area contributed by atoms with Crippen LogP contribution in [0.15, 0.2) is 48.7 Å². The number of benzene rings is 1. The highest BCUT2D eigenvalue weighted by Crippen LogP contribution is 2.09. The third-order valence-corrected chi connectivity index (χ3v) is 3.57. The van der Waals surface area contributed by atoms with Gasteiger partial charge in [-0.25, -0.2) is 0 Å². The lowest BCUT2D eigenvalue weighted by molar-refractivity contribution is 0.516. The van der Waals surface area contributed by atoms with E-state index in [0.717, 1.165) is 25.8 Å². The van der Waals surface area contributed by atoms with Gasteiger partial charge in [-0.15, -0.1) is 0 Å². The first kappa shape index (κ1) is 14.7. The number of nitrogens with one attached hydrogen (secondary N) is 1. The molecule has 0 amide bonds.